The summed E-state index contributed by atoms with van der Waals surface area (Å²) in [5.41, 5.74) is 5.89. The SMILES string of the molecule is CCC(C)[C@H](N)C(=O)N1CCOC(CO)C1. The van der Waals surface area contributed by atoms with Crippen LogP contribution in [-0.4, -0.2) is 54.4 Å². The van der Waals surface area contributed by atoms with Crippen molar-refractivity contribution in [3.8, 4) is 0 Å². The number of nitrogens with zero attached hydrogens (tertiary/aromatic N) is 1. The molecule has 0 saturated carbocycles. The second kappa shape index (κ2) is 6.18. The van der Waals surface area contributed by atoms with Crippen molar-refractivity contribution < 1.29 is 14.6 Å². The van der Waals surface area contributed by atoms with Crippen molar-refractivity contribution in [2.75, 3.05) is 26.3 Å². The summed E-state index contributed by atoms with van der Waals surface area (Å²) in [6.45, 7) is 5.44. The number of aliphatic hydroxyl groups excluding tert-OH is 1. The predicted octanol–water partition coefficient (Wildman–Crippen LogP) is -0.420. The molecule has 1 fully saturated rings. The number of carbonyl (C=O) groups is 1. The third-order valence-corrected chi connectivity index (χ3v) is 3.20. The normalized spacial score (nSPS) is 25.2. The number of amides is 1. The molecule has 1 aliphatic rings. The molecule has 5 nitrogen and oxygen atoms in total. The summed E-state index contributed by atoms with van der Waals surface area (Å²) >= 11 is 0. The highest BCUT2D eigenvalue weighted by molar-refractivity contribution is 5.82. The summed E-state index contributed by atoms with van der Waals surface area (Å²) in [6, 6.07) is -0.442. The molecule has 16 heavy (non-hydrogen) atoms. The van der Waals surface area contributed by atoms with Crippen molar-refractivity contribution in [2.45, 2.75) is 32.4 Å². The van der Waals surface area contributed by atoms with Gasteiger partial charge in [-0.25, -0.2) is 0 Å². The van der Waals surface area contributed by atoms with E-state index < -0.39 is 6.04 Å². The topological polar surface area (TPSA) is 75.8 Å². The monoisotopic (exact) mass is 230 g/mol. The number of nitrogens with two attached hydrogens (primary N) is 1. The number of carbonyl (C=O) groups excluding carboxylic acids is 1. The molecule has 1 aliphatic heterocycles. The number of rotatable bonds is 4. The van der Waals surface area contributed by atoms with Crippen LogP contribution in [-0.2, 0) is 9.53 Å². The Morgan fingerprint density at radius 3 is 2.94 bits per heavy atom. The maximum absolute atomic E-state index is 12.0. The maximum Gasteiger partial charge on any atom is 0.239 e. The molecular formula is C11H22N2O3. The number of hydrogen-bond donors (Lipinski definition) is 2. The number of aliphatic hydroxyl groups is 1. The Morgan fingerprint density at radius 1 is 1.69 bits per heavy atom. The average molecular weight is 230 g/mol. The number of morpholine rings is 1. The molecule has 1 saturated heterocycles. The van der Waals surface area contributed by atoms with Gasteiger partial charge in [0.1, 0.15) is 0 Å². The Kier molecular flexibility index (Phi) is 5.18. The minimum atomic E-state index is -0.442. The predicted molar refractivity (Wildman–Crippen MR) is 60.8 cm³/mol. The van der Waals surface area contributed by atoms with Crippen molar-refractivity contribution >= 4 is 5.91 Å². The summed E-state index contributed by atoms with van der Waals surface area (Å²) < 4.78 is 5.29. The van der Waals surface area contributed by atoms with Crippen LogP contribution < -0.4 is 5.73 Å². The minimum absolute atomic E-state index is 0.0314. The zero-order valence-electron chi connectivity index (χ0n) is 10.1. The standard InChI is InChI=1S/C11H22N2O3/c1-3-8(2)10(12)11(15)13-4-5-16-9(6-13)7-14/h8-10,14H,3-7,12H2,1-2H3/t8?,9?,10-/m0/s1. The van der Waals surface area contributed by atoms with Gasteiger partial charge >= 0.3 is 0 Å². The fraction of sp³-hybridized carbons (Fsp3) is 0.909. The van der Waals surface area contributed by atoms with Gasteiger partial charge in [0, 0.05) is 13.1 Å². The fourth-order valence-corrected chi connectivity index (χ4v) is 1.74. The lowest BCUT2D eigenvalue weighted by molar-refractivity contribution is -0.142. The maximum atomic E-state index is 12.0. The zero-order chi connectivity index (χ0) is 12.1. The highest BCUT2D eigenvalue weighted by Crippen LogP contribution is 2.11. The molecule has 1 amide bonds. The smallest absolute Gasteiger partial charge is 0.239 e. The first-order valence-electron chi connectivity index (χ1n) is 5.87. The lowest BCUT2D eigenvalue weighted by Crippen LogP contribution is -2.53. The van der Waals surface area contributed by atoms with E-state index in [1.54, 1.807) is 4.90 Å². The van der Waals surface area contributed by atoms with Crippen LogP contribution in [0.2, 0.25) is 0 Å². The van der Waals surface area contributed by atoms with Gasteiger partial charge < -0.3 is 20.5 Å². The molecule has 0 radical (unpaired) electrons. The van der Waals surface area contributed by atoms with Crippen molar-refractivity contribution in [3.63, 3.8) is 0 Å². The van der Waals surface area contributed by atoms with Gasteiger partial charge in [-0.05, 0) is 5.92 Å². The van der Waals surface area contributed by atoms with Crippen LogP contribution in [0.15, 0.2) is 0 Å². The van der Waals surface area contributed by atoms with Crippen LogP contribution in [0.3, 0.4) is 0 Å². The summed E-state index contributed by atoms with van der Waals surface area (Å²) in [6.07, 6.45) is 0.627. The quantitative estimate of drug-likeness (QED) is 0.688. The zero-order valence-corrected chi connectivity index (χ0v) is 10.1. The lowest BCUT2D eigenvalue weighted by Gasteiger charge is -2.34. The molecule has 5 heteroatoms. The van der Waals surface area contributed by atoms with Gasteiger partial charge in [0.25, 0.3) is 0 Å². The molecule has 94 valence electrons. The van der Waals surface area contributed by atoms with Crippen molar-refractivity contribution in [1.29, 1.82) is 0 Å². The molecule has 0 aromatic carbocycles. The van der Waals surface area contributed by atoms with Crippen LogP contribution in [0.5, 0.6) is 0 Å². The molecule has 0 aliphatic carbocycles. The summed E-state index contributed by atoms with van der Waals surface area (Å²) in [7, 11) is 0. The Labute approximate surface area is 96.6 Å². The first kappa shape index (κ1) is 13.4. The third kappa shape index (κ3) is 3.17. The number of hydrogen-bond acceptors (Lipinski definition) is 4. The van der Waals surface area contributed by atoms with E-state index in [1.807, 2.05) is 13.8 Å². The minimum Gasteiger partial charge on any atom is -0.394 e. The molecule has 0 spiro atoms. The molecule has 0 aromatic heterocycles. The van der Waals surface area contributed by atoms with Gasteiger partial charge in [-0.2, -0.15) is 0 Å². The highest BCUT2D eigenvalue weighted by Gasteiger charge is 2.29. The molecular weight excluding hydrogens is 208 g/mol. The second-order valence-electron chi connectivity index (χ2n) is 4.37. The Morgan fingerprint density at radius 2 is 2.38 bits per heavy atom. The number of ether oxygens (including phenoxy) is 1. The largest absolute Gasteiger partial charge is 0.394 e. The van der Waals surface area contributed by atoms with E-state index in [0.29, 0.717) is 19.7 Å². The van der Waals surface area contributed by atoms with E-state index in [1.165, 1.54) is 0 Å². The lowest BCUT2D eigenvalue weighted by atomic mass is 9.98. The Hall–Kier alpha value is -0.650. The summed E-state index contributed by atoms with van der Waals surface area (Å²) in [4.78, 5) is 13.7. The third-order valence-electron chi connectivity index (χ3n) is 3.20. The van der Waals surface area contributed by atoms with E-state index in [4.69, 9.17) is 15.6 Å². The summed E-state index contributed by atoms with van der Waals surface area (Å²) in [5.74, 6) is 0.152. The van der Waals surface area contributed by atoms with Gasteiger partial charge in [-0.15, -0.1) is 0 Å². The second-order valence-corrected chi connectivity index (χ2v) is 4.37. The van der Waals surface area contributed by atoms with Crippen molar-refractivity contribution in [3.05, 3.63) is 0 Å². The van der Waals surface area contributed by atoms with Gasteiger partial charge in [0.05, 0.1) is 25.4 Å². The van der Waals surface area contributed by atoms with Crippen molar-refractivity contribution in [2.24, 2.45) is 11.7 Å². The van der Waals surface area contributed by atoms with E-state index in [0.717, 1.165) is 6.42 Å². The highest BCUT2D eigenvalue weighted by atomic mass is 16.5. The average Bonchev–Trinajstić information content (AvgIpc) is 2.36. The Bertz CT molecular complexity index is 235. The van der Waals surface area contributed by atoms with E-state index in [-0.39, 0.29) is 24.5 Å². The first-order chi connectivity index (χ1) is 7.60. The van der Waals surface area contributed by atoms with Gasteiger partial charge in [0.15, 0.2) is 0 Å². The van der Waals surface area contributed by atoms with Crippen LogP contribution in [0.4, 0.5) is 0 Å². The molecule has 1 rings (SSSR count). The first-order valence-corrected chi connectivity index (χ1v) is 5.87. The molecule has 3 atom stereocenters. The van der Waals surface area contributed by atoms with E-state index >= 15 is 0 Å². The summed E-state index contributed by atoms with van der Waals surface area (Å²) in [5, 5.41) is 8.99. The molecule has 1 heterocycles. The van der Waals surface area contributed by atoms with Gasteiger partial charge in [0.2, 0.25) is 5.91 Å². The molecule has 0 bridgehead atoms. The van der Waals surface area contributed by atoms with Crippen LogP contribution >= 0.6 is 0 Å². The van der Waals surface area contributed by atoms with E-state index in [9.17, 15) is 4.79 Å². The van der Waals surface area contributed by atoms with E-state index in [2.05, 4.69) is 0 Å². The Balaban J connectivity index is 2.52. The molecule has 3 N–H and O–H groups in total. The fourth-order valence-electron chi connectivity index (χ4n) is 1.74. The van der Waals surface area contributed by atoms with Crippen LogP contribution in [0.1, 0.15) is 20.3 Å². The van der Waals surface area contributed by atoms with Gasteiger partial charge in [-0.3, -0.25) is 4.79 Å². The molecule has 0 aromatic rings. The van der Waals surface area contributed by atoms with Crippen LogP contribution in [0, 0.1) is 5.92 Å². The molecule has 2 unspecified atom stereocenters. The van der Waals surface area contributed by atoms with Gasteiger partial charge in [-0.1, -0.05) is 20.3 Å². The van der Waals surface area contributed by atoms with Crippen molar-refractivity contribution in [1.82, 2.24) is 4.90 Å². The van der Waals surface area contributed by atoms with Crippen LogP contribution in [0.25, 0.3) is 0 Å².